The van der Waals surface area contributed by atoms with E-state index in [1.807, 2.05) is 6.20 Å². The summed E-state index contributed by atoms with van der Waals surface area (Å²) in [6.45, 7) is 0. The summed E-state index contributed by atoms with van der Waals surface area (Å²) in [6, 6.07) is 17.9. The van der Waals surface area contributed by atoms with Gasteiger partial charge in [0.1, 0.15) is 0 Å². The first-order chi connectivity index (χ1) is 15.8. The molecule has 6 aliphatic rings. The van der Waals surface area contributed by atoms with E-state index in [1.54, 1.807) is 5.57 Å². The summed E-state index contributed by atoms with van der Waals surface area (Å²) >= 11 is 0. The predicted octanol–water partition coefficient (Wildman–Crippen LogP) is 7.46. The highest BCUT2D eigenvalue weighted by Crippen LogP contribution is 2.67. The van der Waals surface area contributed by atoms with Crippen LogP contribution in [0, 0.1) is 35.0 Å². The fourth-order valence-corrected chi connectivity index (χ4v) is 8.86. The Labute approximate surface area is 192 Å². The first kappa shape index (κ1) is 19.1. The predicted molar refractivity (Wildman–Crippen MR) is 130 cm³/mol. The number of benzene rings is 1. The van der Waals surface area contributed by atoms with E-state index in [-0.39, 0.29) is 0 Å². The van der Waals surface area contributed by atoms with Crippen molar-refractivity contribution < 1.29 is 0 Å². The van der Waals surface area contributed by atoms with Gasteiger partial charge in [0.25, 0.3) is 0 Å². The standard InChI is InChI=1S/C31H33N/c1-2-8-24(9-3-1)29-26-11-5-4-10-25(26)17-27(30(29)28-12-6-7-13-32-28)31-18-21-14-22(19-31)16-23(15-21)20-31/h1-13,17,21-23,25-26,29-30H,14-16,18-20H2. The van der Waals surface area contributed by atoms with E-state index in [2.05, 4.69) is 78.9 Å². The lowest BCUT2D eigenvalue weighted by Crippen LogP contribution is -2.49. The normalized spacial score (nSPS) is 41.4. The molecule has 0 spiro atoms. The Bertz CT molecular complexity index is 1040. The molecule has 4 saturated carbocycles. The number of hydrogen-bond donors (Lipinski definition) is 0. The van der Waals surface area contributed by atoms with Gasteiger partial charge in [0.05, 0.1) is 0 Å². The number of rotatable bonds is 3. The minimum atomic E-state index is 0.382. The van der Waals surface area contributed by atoms with Crippen LogP contribution in [0.4, 0.5) is 0 Å². The molecule has 6 aliphatic carbocycles. The summed E-state index contributed by atoms with van der Waals surface area (Å²) < 4.78 is 0. The van der Waals surface area contributed by atoms with E-state index in [0.29, 0.717) is 29.1 Å². The molecule has 1 heteroatoms. The van der Waals surface area contributed by atoms with Gasteiger partial charge < -0.3 is 0 Å². The average molecular weight is 420 g/mol. The van der Waals surface area contributed by atoms with Crippen molar-refractivity contribution in [1.29, 1.82) is 0 Å². The molecule has 4 unspecified atom stereocenters. The summed E-state index contributed by atoms with van der Waals surface area (Å²) in [4.78, 5) is 5.01. The van der Waals surface area contributed by atoms with Crippen LogP contribution < -0.4 is 0 Å². The van der Waals surface area contributed by atoms with E-state index in [0.717, 1.165) is 17.8 Å². The third-order valence-corrected chi connectivity index (χ3v) is 9.54. The van der Waals surface area contributed by atoms with Crippen LogP contribution in [-0.4, -0.2) is 4.98 Å². The van der Waals surface area contributed by atoms with E-state index in [1.165, 1.54) is 49.8 Å². The number of allylic oxidation sites excluding steroid dienone is 6. The third kappa shape index (κ3) is 2.93. The fourth-order valence-electron chi connectivity index (χ4n) is 8.86. The molecule has 0 radical (unpaired) electrons. The molecule has 4 atom stereocenters. The Hall–Kier alpha value is -2.41. The zero-order chi connectivity index (χ0) is 21.1. The molecule has 1 heterocycles. The molecule has 32 heavy (non-hydrogen) atoms. The van der Waals surface area contributed by atoms with Crippen LogP contribution >= 0.6 is 0 Å². The second-order valence-corrected chi connectivity index (χ2v) is 11.4. The molecule has 1 aromatic carbocycles. The molecule has 0 amide bonds. The van der Waals surface area contributed by atoms with E-state index < -0.39 is 0 Å². The van der Waals surface area contributed by atoms with Crippen molar-refractivity contribution in [3.05, 3.63) is 102 Å². The van der Waals surface area contributed by atoms with Gasteiger partial charge in [0.2, 0.25) is 0 Å². The highest BCUT2D eigenvalue weighted by molar-refractivity contribution is 5.44. The summed E-state index contributed by atoms with van der Waals surface area (Å²) in [5.74, 6) is 4.72. The molecule has 8 rings (SSSR count). The SMILES string of the molecule is C1=CC2C=C(C34CC5CC(CC(C5)C3)C4)C(c3ccccn3)C(c3ccccc3)C2C=C1. The minimum Gasteiger partial charge on any atom is -0.261 e. The topological polar surface area (TPSA) is 12.9 Å². The molecule has 1 aromatic heterocycles. The summed E-state index contributed by atoms with van der Waals surface area (Å²) in [6.07, 6.45) is 23.0. The van der Waals surface area contributed by atoms with Crippen molar-refractivity contribution in [2.24, 2.45) is 35.0 Å². The minimum absolute atomic E-state index is 0.382. The van der Waals surface area contributed by atoms with Crippen LogP contribution in [0.25, 0.3) is 0 Å². The van der Waals surface area contributed by atoms with Gasteiger partial charge in [-0.05, 0) is 85.3 Å². The molecular formula is C31H33N. The molecular weight excluding hydrogens is 386 g/mol. The van der Waals surface area contributed by atoms with Crippen LogP contribution in [0.5, 0.6) is 0 Å². The van der Waals surface area contributed by atoms with Crippen molar-refractivity contribution >= 4 is 0 Å². The van der Waals surface area contributed by atoms with Crippen LogP contribution in [0.2, 0.25) is 0 Å². The van der Waals surface area contributed by atoms with Gasteiger partial charge in [-0.15, -0.1) is 0 Å². The largest absolute Gasteiger partial charge is 0.261 e. The van der Waals surface area contributed by atoms with E-state index in [9.17, 15) is 0 Å². The van der Waals surface area contributed by atoms with Crippen LogP contribution in [-0.2, 0) is 0 Å². The molecule has 2 aromatic rings. The maximum absolute atomic E-state index is 5.01. The summed E-state index contributed by atoms with van der Waals surface area (Å²) in [5, 5.41) is 0. The van der Waals surface area contributed by atoms with Crippen molar-refractivity contribution in [3.63, 3.8) is 0 Å². The van der Waals surface area contributed by atoms with Gasteiger partial charge >= 0.3 is 0 Å². The first-order valence-corrected chi connectivity index (χ1v) is 12.8. The number of hydrogen-bond acceptors (Lipinski definition) is 1. The number of fused-ring (bicyclic) bond motifs is 1. The Kier molecular flexibility index (Phi) is 4.36. The van der Waals surface area contributed by atoms with Gasteiger partial charge in [-0.1, -0.05) is 72.4 Å². The molecule has 162 valence electrons. The van der Waals surface area contributed by atoms with Crippen LogP contribution in [0.3, 0.4) is 0 Å². The molecule has 4 bridgehead atoms. The second kappa shape index (κ2) is 7.30. The van der Waals surface area contributed by atoms with Crippen LogP contribution in [0.15, 0.2) is 90.7 Å². The van der Waals surface area contributed by atoms with Gasteiger partial charge in [-0.2, -0.15) is 0 Å². The lowest BCUT2D eigenvalue weighted by Gasteiger charge is -2.60. The third-order valence-electron chi connectivity index (χ3n) is 9.54. The number of aromatic nitrogens is 1. The molecule has 0 saturated heterocycles. The fraction of sp³-hybridized carbons (Fsp3) is 0.452. The maximum atomic E-state index is 5.01. The van der Waals surface area contributed by atoms with Gasteiger partial charge in [-0.3, -0.25) is 4.98 Å². The Morgan fingerprint density at radius 1 is 0.750 bits per heavy atom. The van der Waals surface area contributed by atoms with Crippen LogP contribution in [0.1, 0.15) is 61.6 Å². The lowest BCUT2D eigenvalue weighted by atomic mass is 9.44. The smallest absolute Gasteiger partial charge is 0.0481 e. The lowest BCUT2D eigenvalue weighted by molar-refractivity contribution is -0.0359. The Morgan fingerprint density at radius 2 is 1.44 bits per heavy atom. The highest BCUT2D eigenvalue weighted by Gasteiger charge is 2.56. The van der Waals surface area contributed by atoms with Crippen molar-refractivity contribution in [2.45, 2.75) is 50.4 Å². The highest BCUT2D eigenvalue weighted by atomic mass is 14.7. The zero-order valence-corrected chi connectivity index (χ0v) is 18.8. The van der Waals surface area contributed by atoms with Crippen molar-refractivity contribution in [3.8, 4) is 0 Å². The monoisotopic (exact) mass is 419 g/mol. The molecule has 0 aliphatic heterocycles. The Balaban J connectivity index is 1.43. The average Bonchev–Trinajstić information content (AvgIpc) is 2.83. The van der Waals surface area contributed by atoms with Gasteiger partial charge in [0.15, 0.2) is 0 Å². The van der Waals surface area contributed by atoms with Gasteiger partial charge in [-0.25, -0.2) is 0 Å². The van der Waals surface area contributed by atoms with Crippen molar-refractivity contribution in [2.75, 3.05) is 0 Å². The zero-order valence-electron chi connectivity index (χ0n) is 18.8. The number of pyridine rings is 1. The molecule has 4 fully saturated rings. The Morgan fingerprint density at radius 3 is 2.12 bits per heavy atom. The van der Waals surface area contributed by atoms with E-state index >= 15 is 0 Å². The van der Waals surface area contributed by atoms with Gasteiger partial charge in [0, 0.05) is 29.6 Å². The molecule has 0 N–H and O–H groups in total. The quantitative estimate of drug-likeness (QED) is 0.470. The summed E-state index contributed by atoms with van der Waals surface area (Å²) in [5.41, 5.74) is 4.92. The summed E-state index contributed by atoms with van der Waals surface area (Å²) in [7, 11) is 0. The second-order valence-electron chi connectivity index (χ2n) is 11.4. The molecule has 1 nitrogen and oxygen atoms in total. The number of nitrogens with zero attached hydrogens (tertiary/aromatic N) is 1. The first-order valence-electron chi connectivity index (χ1n) is 12.8. The maximum Gasteiger partial charge on any atom is 0.0481 e. The van der Waals surface area contributed by atoms with Crippen molar-refractivity contribution in [1.82, 2.24) is 4.98 Å². The van der Waals surface area contributed by atoms with E-state index in [4.69, 9.17) is 4.98 Å².